The first-order valence-electron chi connectivity index (χ1n) is 10.4. The highest BCUT2D eigenvalue weighted by atomic mass is 19.1. The van der Waals surface area contributed by atoms with Gasteiger partial charge in [0, 0.05) is 18.5 Å². The predicted molar refractivity (Wildman–Crippen MR) is 110 cm³/mol. The Morgan fingerprint density at radius 3 is 2.61 bits per heavy atom. The molecule has 2 heterocycles. The van der Waals surface area contributed by atoms with Crippen LogP contribution < -0.4 is 11.1 Å². The lowest BCUT2D eigenvalue weighted by molar-refractivity contribution is -0.132. The van der Waals surface area contributed by atoms with Crippen molar-refractivity contribution in [3.8, 4) is 5.75 Å². The van der Waals surface area contributed by atoms with Gasteiger partial charge in [0.2, 0.25) is 5.91 Å². The van der Waals surface area contributed by atoms with E-state index in [4.69, 9.17) is 5.73 Å². The van der Waals surface area contributed by atoms with Gasteiger partial charge >= 0.3 is 0 Å². The average Bonchev–Trinajstić information content (AvgIpc) is 3.37. The lowest BCUT2D eigenvalue weighted by Gasteiger charge is -2.32. The normalized spacial score (nSPS) is 22.7. The van der Waals surface area contributed by atoms with Crippen LogP contribution in [0.15, 0.2) is 30.3 Å². The second-order valence-electron chi connectivity index (χ2n) is 8.25. The molecule has 0 radical (unpaired) electrons. The molecule has 3 unspecified atom stereocenters. The number of benzene rings is 1. The molecule has 31 heavy (non-hydrogen) atoms. The number of aromatic amines is 1. The number of nitrogens with two attached hydrogens (primary N) is 1. The van der Waals surface area contributed by atoms with E-state index >= 15 is 0 Å². The highest BCUT2D eigenvalue weighted by molar-refractivity contribution is 5.97. The van der Waals surface area contributed by atoms with Gasteiger partial charge in [0.05, 0.1) is 12.5 Å². The lowest BCUT2D eigenvalue weighted by Crippen LogP contribution is -2.42. The number of fused-ring (bicyclic) bond motifs is 1. The van der Waals surface area contributed by atoms with Gasteiger partial charge in [-0.15, -0.1) is 0 Å². The number of nitrogens with zero attached hydrogens (tertiary/aromatic N) is 1. The molecule has 1 aliphatic heterocycles. The van der Waals surface area contributed by atoms with E-state index in [1.54, 1.807) is 4.90 Å². The van der Waals surface area contributed by atoms with Crippen LogP contribution in [-0.4, -0.2) is 51.3 Å². The van der Waals surface area contributed by atoms with E-state index in [0.29, 0.717) is 12.1 Å². The third kappa shape index (κ3) is 4.26. The van der Waals surface area contributed by atoms with Crippen LogP contribution in [0.2, 0.25) is 0 Å². The van der Waals surface area contributed by atoms with Gasteiger partial charge in [-0.2, -0.15) is 0 Å². The number of hydrogen-bond acceptors (Lipinski definition) is 4. The first kappa shape index (κ1) is 20.9. The van der Waals surface area contributed by atoms with E-state index in [1.165, 1.54) is 30.3 Å². The molecule has 5 N–H and O–H groups in total. The SMILES string of the molecule is NC(=O)c1ccc(C(=O)NC2CN(C(=O)Cc3ccc(O)c(F)c3)C3CCCCC23)[nH]1. The summed E-state index contributed by atoms with van der Waals surface area (Å²) in [5, 5.41) is 12.4. The molecule has 4 rings (SSSR count). The number of hydrogen-bond donors (Lipinski definition) is 4. The van der Waals surface area contributed by atoms with E-state index < -0.39 is 17.5 Å². The Bertz CT molecular complexity index is 1020. The Kier molecular flexibility index (Phi) is 5.67. The molecule has 0 bridgehead atoms. The van der Waals surface area contributed by atoms with Crippen LogP contribution in [0.1, 0.15) is 52.2 Å². The molecule has 8 nitrogen and oxygen atoms in total. The Labute approximate surface area is 178 Å². The number of nitrogens with one attached hydrogen (secondary N) is 2. The molecule has 1 aliphatic carbocycles. The number of H-pyrrole nitrogens is 1. The summed E-state index contributed by atoms with van der Waals surface area (Å²) in [6, 6.07) is 6.73. The summed E-state index contributed by atoms with van der Waals surface area (Å²) in [6.45, 7) is 0.379. The van der Waals surface area contributed by atoms with Crippen LogP contribution in [0.25, 0.3) is 0 Å². The minimum atomic E-state index is -0.756. The van der Waals surface area contributed by atoms with Crippen molar-refractivity contribution in [1.29, 1.82) is 0 Å². The fourth-order valence-electron chi connectivity index (χ4n) is 4.77. The second-order valence-corrected chi connectivity index (χ2v) is 8.25. The summed E-state index contributed by atoms with van der Waals surface area (Å²) in [4.78, 5) is 41.5. The van der Waals surface area contributed by atoms with Crippen molar-refractivity contribution >= 4 is 17.7 Å². The zero-order chi connectivity index (χ0) is 22.1. The Hall–Kier alpha value is -3.36. The maximum atomic E-state index is 13.6. The van der Waals surface area contributed by atoms with Crippen molar-refractivity contribution in [2.45, 2.75) is 44.2 Å². The third-order valence-electron chi connectivity index (χ3n) is 6.29. The standard InChI is InChI=1S/C22H25FN4O4/c23-14-9-12(5-8-19(14)28)10-20(29)27-11-17(13-3-1-2-4-18(13)27)26-22(31)16-7-6-15(25-16)21(24)30/h5-9,13,17-18,25,28H,1-4,10-11H2,(H2,24,30)(H,26,31). The number of aromatic nitrogens is 1. The topological polar surface area (TPSA) is 129 Å². The smallest absolute Gasteiger partial charge is 0.267 e. The number of phenolic OH excluding ortho intramolecular Hbond substituents is 1. The Morgan fingerprint density at radius 1 is 1.16 bits per heavy atom. The molecule has 3 amide bonds. The third-order valence-corrected chi connectivity index (χ3v) is 6.29. The molecule has 1 aromatic carbocycles. The molecule has 3 atom stereocenters. The molecule has 0 spiro atoms. The van der Waals surface area contributed by atoms with E-state index in [9.17, 15) is 23.9 Å². The van der Waals surface area contributed by atoms with Gasteiger partial charge in [0.15, 0.2) is 11.6 Å². The van der Waals surface area contributed by atoms with Crippen LogP contribution in [-0.2, 0) is 11.2 Å². The molecule has 2 fully saturated rings. The Morgan fingerprint density at radius 2 is 1.90 bits per heavy atom. The van der Waals surface area contributed by atoms with Gasteiger partial charge in [0.1, 0.15) is 11.4 Å². The molecule has 9 heteroatoms. The number of carbonyl (C=O) groups is 3. The summed E-state index contributed by atoms with van der Waals surface area (Å²) in [5.74, 6) is -2.19. The molecular weight excluding hydrogens is 403 g/mol. The summed E-state index contributed by atoms with van der Waals surface area (Å²) in [7, 11) is 0. The molecule has 2 aliphatic rings. The number of likely N-dealkylation sites (tertiary alicyclic amines) is 1. The van der Waals surface area contributed by atoms with Crippen molar-refractivity contribution in [2.24, 2.45) is 11.7 Å². The minimum absolute atomic E-state index is 0.0262. The predicted octanol–water partition coefficient (Wildman–Crippen LogP) is 1.70. The molecule has 2 aromatic rings. The average molecular weight is 428 g/mol. The molecule has 1 saturated carbocycles. The number of rotatable bonds is 5. The highest BCUT2D eigenvalue weighted by Gasteiger charge is 2.45. The quantitative estimate of drug-likeness (QED) is 0.578. The number of halogens is 1. The maximum Gasteiger partial charge on any atom is 0.267 e. The molecule has 1 aromatic heterocycles. The molecule has 164 valence electrons. The van der Waals surface area contributed by atoms with Gasteiger partial charge in [-0.05, 0) is 42.7 Å². The lowest BCUT2D eigenvalue weighted by atomic mass is 9.82. The van der Waals surface area contributed by atoms with Gasteiger partial charge in [-0.1, -0.05) is 18.9 Å². The number of aromatic hydroxyl groups is 1. The number of primary amides is 1. The van der Waals surface area contributed by atoms with E-state index in [-0.39, 0.29) is 47.6 Å². The van der Waals surface area contributed by atoms with Crippen LogP contribution in [0.5, 0.6) is 5.75 Å². The fraction of sp³-hybridized carbons (Fsp3) is 0.409. The number of phenols is 1. The largest absolute Gasteiger partial charge is 0.505 e. The van der Waals surface area contributed by atoms with E-state index in [2.05, 4.69) is 10.3 Å². The van der Waals surface area contributed by atoms with Gasteiger partial charge in [-0.25, -0.2) is 4.39 Å². The molecular formula is C22H25FN4O4. The van der Waals surface area contributed by atoms with Crippen LogP contribution in [0.4, 0.5) is 4.39 Å². The fourth-order valence-corrected chi connectivity index (χ4v) is 4.77. The van der Waals surface area contributed by atoms with E-state index in [0.717, 1.165) is 25.7 Å². The monoisotopic (exact) mass is 428 g/mol. The van der Waals surface area contributed by atoms with Gasteiger partial charge in [-0.3, -0.25) is 14.4 Å². The highest BCUT2D eigenvalue weighted by Crippen LogP contribution is 2.37. The van der Waals surface area contributed by atoms with Crippen LogP contribution in [0.3, 0.4) is 0 Å². The van der Waals surface area contributed by atoms with Crippen molar-refractivity contribution in [1.82, 2.24) is 15.2 Å². The van der Waals surface area contributed by atoms with Crippen molar-refractivity contribution in [2.75, 3.05) is 6.54 Å². The summed E-state index contributed by atoms with van der Waals surface area (Å²) >= 11 is 0. The summed E-state index contributed by atoms with van der Waals surface area (Å²) < 4.78 is 13.6. The van der Waals surface area contributed by atoms with Crippen LogP contribution >= 0.6 is 0 Å². The number of amides is 3. The Balaban J connectivity index is 1.47. The van der Waals surface area contributed by atoms with Crippen molar-refractivity contribution in [3.63, 3.8) is 0 Å². The second kappa shape index (κ2) is 8.41. The summed E-state index contributed by atoms with van der Waals surface area (Å²) in [6.07, 6.45) is 3.84. The van der Waals surface area contributed by atoms with Crippen molar-refractivity contribution in [3.05, 3.63) is 53.1 Å². The summed E-state index contributed by atoms with van der Waals surface area (Å²) in [5.41, 5.74) is 6.12. The van der Waals surface area contributed by atoms with Gasteiger partial charge in [0.25, 0.3) is 11.8 Å². The number of carbonyl (C=O) groups excluding carboxylic acids is 3. The van der Waals surface area contributed by atoms with E-state index in [1.807, 2.05) is 0 Å². The minimum Gasteiger partial charge on any atom is -0.505 e. The van der Waals surface area contributed by atoms with Crippen molar-refractivity contribution < 1.29 is 23.9 Å². The zero-order valence-electron chi connectivity index (χ0n) is 16.9. The first-order valence-corrected chi connectivity index (χ1v) is 10.4. The van der Waals surface area contributed by atoms with Crippen LogP contribution in [0, 0.1) is 11.7 Å². The molecule has 1 saturated heterocycles. The first-order chi connectivity index (χ1) is 14.8. The maximum absolute atomic E-state index is 13.6. The van der Waals surface area contributed by atoms with Gasteiger partial charge < -0.3 is 26.0 Å². The zero-order valence-corrected chi connectivity index (χ0v) is 16.9.